The van der Waals surface area contributed by atoms with E-state index in [0.717, 1.165) is 0 Å². The molecule has 0 fully saturated rings. The van der Waals surface area contributed by atoms with Gasteiger partial charge in [-0.3, -0.25) is 4.79 Å². The molecule has 0 spiro atoms. The Morgan fingerprint density at radius 2 is 1.36 bits per heavy atom. The first-order chi connectivity index (χ1) is 10.6. The fraction of sp³-hybridized carbons (Fsp3) is 0.176. The Morgan fingerprint density at radius 1 is 0.864 bits per heavy atom. The zero-order valence-electron chi connectivity index (χ0n) is 12.4. The monoisotopic (exact) mass is 300 g/mol. The first kappa shape index (κ1) is 15.6. The van der Waals surface area contributed by atoms with Gasteiger partial charge >= 0.3 is 12.1 Å². The molecule has 0 aliphatic carbocycles. The first-order valence-corrected chi connectivity index (χ1v) is 6.83. The van der Waals surface area contributed by atoms with E-state index in [1.54, 1.807) is 49.4 Å². The fourth-order valence-electron chi connectivity index (χ4n) is 1.95. The number of rotatable bonds is 4. The van der Waals surface area contributed by atoms with Gasteiger partial charge in [0.25, 0.3) is 0 Å². The second-order valence-electron chi connectivity index (χ2n) is 4.37. The van der Waals surface area contributed by atoms with Crippen LogP contribution in [0.2, 0.25) is 0 Å². The molecule has 0 bridgehead atoms. The largest absolute Gasteiger partial charge is 0.513 e. The number of para-hydroxylation sites is 2. The van der Waals surface area contributed by atoms with Crippen LogP contribution >= 0.6 is 0 Å². The summed E-state index contributed by atoms with van der Waals surface area (Å²) >= 11 is 0. The van der Waals surface area contributed by atoms with Crippen molar-refractivity contribution in [1.82, 2.24) is 0 Å². The van der Waals surface area contributed by atoms with E-state index in [2.05, 4.69) is 0 Å². The maximum atomic E-state index is 11.5. The van der Waals surface area contributed by atoms with Gasteiger partial charge in [-0.15, -0.1) is 0 Å². The predicted octanol–water partition coefficient (Wildman–Crippen LogP) is 3.81. The maximum absolute atomic E-state index is 11.5. The second-order valence-corrected chi connectivity index (χ2v) is 4.37. The quantitative estimate of drug-likeness (QED) is 0.488. The summed E-state index contributed by atoms with van der Waals surface area (Å²) in [5, 5.41) is 0. The lowest BCUT2D eigenvalue weighted by Crippen LogP contribution is -2.10. The number of carbonyl (C=O) groups excluding carboxylic acids is 2. The third kappa shape index (κ3) is 3.85. The summed E-state index contributed by atoms with van der Waals surface area (Å²) in [7, 11) is 0. The molecule has 0 heterocycles. The Kier molecular flexibility index (Phi) is 5.14. The van der Waals surface area contributed by atoms with E-state index >= 15 is 0 Å². The highest BCUT2D eigenvalue weighted by molar-refractivity contribution is 5.81. The van der Waals surface area contributed by atoms with Gasteiger partial charge < -0.3 is 14.2 Å². The minimum Gasteiger partial charge on any atom is -0.434 e. The van der Waals surface area contributed by atoms with Crippen LogP contribution in [0, 0.1) is 0 Å². The molecule has 114 valence electrons. The van der Waals surface area contributed by atoms with Crippen LogP contribution in [0.5, 0.6) is 11.5 Å². The maximum Gasteiger partial charge on any atom is 0.513 e. The summed E-state index contributed by atoms with van der Waals surface area (Å²) in [6.45, 7) is 3.26. The minimum atomic E-state index is -0.778. The lowest BCUT2D eigenvalue weighted by atomic mass is 10.0. The minimum absolute atomic E-state index is 0.227. The average Bonchev–Trinajstić information content (AvgIpc) is 2.48. The smallest absolute Gasteiger partial charge is 0.434 e. The normalized spacial score (nSPS) is 9.91. The summed E-state index contributed by atoms with van der Waals surface area (Å²) < 4.78 is 15.2. The third-order valence-corrected chi connectivity index (χ3v) is 2.77. The van der Waals surface area contributed by atoms with Gasteiger partial charge in [-0.25, -0.2) is 4.79 Å². The molecule has 0 aromatic heterocycles. The molecule has 0 N–H and O–H groups in total. The van der Waals surface area contributed by atoms with Crippen LogP contribution in [0.4, 0.5) is 4.79 Å². The van der Waals surface area contributed by atoms with Crippen molar-refractivity contribution in [1.29, 1.82) is 0 Å². The van der Waals surface area contributed by atoms with E-state index in [9.17, 15) is 9.59 Å². The first-order valence-electron chi connectivity index (χ1n) is 6.83. The number of esters is 1. The van der Waals surface area contributed by atoms with Gasteiger partial charge in [-0.05, 0) is 19.1 Å². The highest BCUT2D eigenvalue weighted by Gasteiger charge is 2.15. The summed E-state index contributed by atoms with van der Waals surface area (Å²) in [4.78, 5) is 22.7. The standard InChI is InChI=1S/C17H16O5/c1-3-20-17(19)22-16-11-7-5-9-14(16)13-8-4-6-10-15(13)21-12(2)18/h4-11H,3H2,1-2H3. The summed E-state index contributed by atoms with van der Waals surface area (Å²) in [5.41, 5.74) is 1.28. The van der Waals surface area contributed by atoms with Gasteiger partial charge in [0, 0.05) is 18.1 Å². The Balaban J connectivity index is 2.41. The molecule has 0 saturated heterocycles. The zero-order chi connectivity index (χ0) is 15.9. The molecule has 0 aliphatic rings. The zero-order valence-corrected chi connectivity index (χ0v) is 12.4. The van der Waals surface area contributed by atoms with Crippen molar-refractivity contribution >= 4 is 12.1 Å². The number of hydrogen-bond donors (Lipinski definition) is 0. The van der Waals surface area contributed by atoms with Crippen molar-refractivity contribution < 1.29 is 23.8 Å². The summed E-state index contributed by atoms with van der Waals surface area (Å²) in [6.07, 6.45) is -0.778. The summed E-state index contributed by atoms with van der Waals surface area (Å²) in [5.74, 6) is 0.312. The number of ether oxygens (including phenoxy) is 3. The van der Waals surface area contributed by atoms with Crippen molar-refractivity contribution in [3.05, 3.63) is 48.5 Å². The van der Waals surface area contributed by atoms with Crippen molar-refractivity contribution in [3.63, 3.8) is 0 Å². The number of carbonyl (C=O) groups is 2. The Labute approximate surface area is 128 Å². The van der Waals surface area contributed by atoms with Gasteiger partial charge in [0.05, 0.1) is 6.61 Å². The van der Waals surface area contributed by atoms with Gasteiger partial charge in [0.1, 0.15) is 11.5 Å². The molecule has 2 rings (SSSR count). The molecule has 5 nitrogen and oxygen atoms in total. The van der Waals surface area contributed by atoms with Crippen LogP contribution in [-0.4, -0.2) is 18.7 Å². The average molecular weight is 300 g/mol. The van der Waals surface area contributed by atoms with E-state index in [1.807, 2.05) is 6.07 Å². The third-order valence-electron chi connectivity index (χ3n) is 2.77. The Bertz CT molecular complexity index is 678. The van der Waals surface area contributed by atoms with E-state index in [-0.39, 0.29) is 6.61 Å². The molecular weight excluding hydrogens is 284 g/mol. The highest BCUT2D eigenvalue weighted by atomic mass is 16.7. The van der Waals surface area contributed by atoms with Crippen LogP contribution in [0.3, 0.4) is 0 Å². The molecule has 2 aromatic rings. The van der Waals surface area contributed by atoms with Crippen LogP contribution in [0.1, 0.15) is 13.8 Å². The Hall–Kier alpha value is -2.82. The molecule has 0 saturated carbocycles. The topological polar surface area (TPSA) is 61.8 Å². The Morgan fingerprint density at radius 3 is 1.86 bits per heavy atom. The van der Waals surface area contributed by atoms with E-state index < -0.39 is 12.1 Å². The fourth-order valence-corrected chi connectivity index (χ4v) is 1.95. The van der Waals surface area contributed by atoms with Crippen molar-refractivity contribution in [2.75, 3.05) is 6.61 Å². The highest BCUT2D eigenvalue weighted by Crippen LogP contribution is 2.36. The SMILES string of the molecule is CCOC(=O)Oc1ccccc1-c1ccccc1OC(C)=O. The van der Waals surface area contributed by atoms with Gasteiger partial charge in [0.2, 0.25) is 0 Å². The molecule has 0 aliphatic heterocycles. The van der Waals surface area contributed by atoms with Crippen LogP contribution in [0.15, 0.2) is 48.5 Å². The van der Waals surface area contributed by atoms with Crippen molar-refractivity contribution in [2.45, 2.75) is 13.8 Å². The van der Waals surface area contributed by atoms with E-state index in [4.69, 9.17) is 14.2 Å². The second kappa shape index (κ2) is 7.26. The molecular formula is C17H16O5. The molecule has 0 atom stereocenters. The van der Waals surface area contributed by atoms with Crippen LogP contribution in [0.25, 0.3) is 11.1 Å². The molecule has 0 unspecified atom stereocenters. The van der Waals surface area contributed by atoms with Crippen LogP contribution < -0.4 is 9.47 Å². The summed E-state index contributed by atoms with van der Waals surface area (Å²) in [6, 6.07) is 14.0. The van der Waals surface area contributed by atoms with Crippen LogP contribution in [-0.2, 0) is 9.53 Å². The van der Waals surface area contributed by atoms with Crippen molar-refractivity contribution in [3.8, 4) is 22.6 Å². The lowest BCUT2D eigenvalue weighted by Gasteiger charge is -2.13. The number of benzene rings is 2. The number of hydrogen-bond acceptors (Lipinski definition) is 5. The molecule has 22 heavy (non-hydrogen) atoms. The van der Waals surface area contributed by atoms with Gasteiger partial charge in [0.15, 0.2) is 0 Å². The predicted molar refractivity (Wildman–Crippen MR) is 80.8 cm³/mol. The molecule has 5 heteroatoms. The van der Waals surface area contributed by atoms with E-state index in [0.29, 0.717) is 22.6 Å². The van der Waals surface area contributed by atoms with Gasteiger partial charge in [-0.2, -0.15) is 0 Å². The lowest BCUT2D eigenvalue weighted by molar-refractivity contribution is -0.131. The molecule has 0 radical (unpaired) electrons. The molecule has 2 aromatic carbocycles. The molecule has 0 amide bonds. The van der Waals surface area contributed by atoms with Crippen molar-refractivity contribution in [2.24, 2.45) is 0 Å². The van der Waals surface area contributed by atoms with Gasteiger partial charge in [-0.1, -0.05) is 36.4 Å². The van der Waals surface area contributed by atoms with E-state index in [1.165, 1.54) is 6.92 Å².